The van der Waals surface area contributed by atoms with Crippen LogP contribution in [0.3, 0.4) is 0 Å². The number of nitrogens with zero attached hydrogens (tertiary/aromatic N) is 1. The van der Waals surface area contributed by atoms with E-state index in [1.807, 2.05) is 13.8 Å². The summed E-state index contributed by atoms with van der Waals surface area (Å²) in [6, 6.07) is 5.65. The van der Waals surface area contributed by atoms with E-state index in [1.54, 1.807) is 11.8 Å². The minimum Gasteiger partial charge on any atom is -0.435 e. The molecule has 0 spiro atoms. The Labute approximate surface area is 128 Å². The van der Waals surface area contributed by atoms with E-state index < -0.39 is 17.6 Å². The van der Waals surface area contributed by atoms with Gasteiger partial charge in [0.25, 0.3) is 5.91 Å². The lowest BCUT2D eigenvalue weighted by Gasteiger charge is -2.48. The molecule has 0 aromatic heterocycles. The van der Waals surface area contributed by atoms with Gasteiger partial charge in [0.05, 0.1) is 5.60 Å². The third-order valence-corrected chi connectivity index (χ3v) is 4.53. The molecule has 1 amide bonds. The van der Waals surface area contributed by atoms with Crippen molar-refractivity contribution in [3.8, 4) is 5.75 Å². The van der Waals surface area contributed by atoms with E-state index in [2.05, 4.69) is 4.74 Å². The van der Waals surface area contributed by atoms with E-state index in [9.17, 15) is 18.7 Å². The van der Waals surface area contributed by atoms with Crippen molar-refractivity contribution in [2.75, 3.05) is 13.1 Å². The van der Waals surface area contributed by atoms with Crippen molar-refractivity contribution in [3.05, 3.63) is 29.8 Å². The molecule has 1 saturated heterocycles. The number of amides is 1. The van der Waals surface area contributed by atoms with Gasteiger partial charge in [-0.05, 0) is 37.6 Å². The van der Waals surface area contributed by atoms with E-state index >= 15 is 0 Å². The Bertz CT molecular complexity index is 541. The predicted molar refractivity (Wildman–Crippen MR) is 78.0 cm³/mol. The number of hydrogen-bond donors (Lipinski definition) is 1. The van der Waals surface area contributed by atoms with Crippen molar-refractivity contribution in [2.24, 2.45) is 5.41 Å². The van der Waals surface area contributed by atoms with Crippen LogP contribution in [0.5, 0.6) is 5.75 Å². The molecule has 6 heteroatoms. The zero-order valence-electron chi connectivity index (χ0n) is 13.0. The summed E-state index contributed by atoms with van der Waals surface area (Å²) in [6.45, 7) is 3.65. The molecule has 2 rings (SSSR count). The highest BCUT2D eigenvalue weighted by Gasteiger charge is 2.45. The third kappa shape index (κ3) is 3.38. The van der Waals surface area contributed by atoms with Crippen LogP contribution < -0.4 is 4.74 Å². The summed E-state index contributed by atoms with van der Waals surface area (Å²) in [5.74, 6) is -0.152. The topological polar surface area (TPSA) is 49.8 Å². The van der Waals surface area contributed by atoms with Crippen LogP contribution in [0, 0.1) is 5.41 Å². The molecule has 1 unspecified atom stereocenters. The first-order chi connectivity index (χ1) is 10.1. The van der Waals surface area contributed by atoms with Gasteiger partial charge >= 0.3 is 6.61 Å². The number of aliphatic hydroxyl groups is 1. The molecule has 0 radical (unpaired) electrons. The second-order valence-electron chi connectivity index (χ2n) is 6.54. The van der Waals surface area contributed by atoms with Gasteiger partial charge in [-0.15, -0.1) is 0 Å². The van der Waals surface area contributed by atoms with Gasteiger partial charge in [0.1, 0.15) is 5.75 Å². The molecule has 1 fully saturated rings. The molecule has 1 heterocycles. The van der Waals surface area contributed by atoms with Gasteiger partial charge in [-0.2, -0.15) is 8.78 Å². The van der Waals surface area contributed by atoms with Gasteiger partial charge in [0.2, 0.25) is 0 Å². The molecule has 1 aliphatic rings. The SMILES string of the molecule is CC1(C)CN(C(=O)c2ccc(OC(F)F)cc2)CCC1(C)O. The molecule has 1 aromatic rings. The molecule has 1 aromatic carbocycles. The number of halogens is 2. The van der Waals surface area contributed by atoms with E-state index in [0.717, 1.165) is 0 Å². The molecular weight excluding hydrogens is 292 g/mol. The lowest BCUT2D eigenvalue weighted by Crippen LogP contribution is -2.56. The molecule has 122 valence electrons. The average molecular weight is 313 g/mol. The summed E-state index contributed by atoms with van der Waals surface area (Å²) in [5, 5.41) is 10.4. The fourth-order valence-corrected chi connectivity index (χ4v) is 2.55. The molecule has 22 heavy (non-hydrogen) atoms. The van der Waals surface area contributed by atoms with Crippen LogP contribution >= 0.6 is 0 Å². The molecule has 0 bridgehead atoms. The van der Waals surface area contributed by atoms with Crippen LogP contribution in [0.25, 0.3) is 0 Å². The van der Waals surface area contributed by atoms with Crippen LogP contribution in [-0.2, 0) is 0 Å². The second-order valence-corrected chi connectivity index (χ2v) is 6.54. The van der Waals surface area contributed by atoms with E-state index in [1.165, 1.54) is 24.3 Å². The molecular formula is C16H21F2NO3. The predicted octanol–water partition coefficient (Wildman–Crippen LogP) is 2.91. The Kier molecular flexibility index (Phi) is 4.42. The number of carbonyl (C=O) groups is 1. The Balaban J connectivity index is 2.09. The van der Waals surface area contributed by atoms with Crippen LogP contribution in [0.2, 0.25) is 0 Å². The number of benzene rings is 1. The lowest BCUT2D eigenvalue weighted by atomic mass is 9.71. The average Bonchev–Trinajstić information content (AvgIpc) is 2.41. The number of ether oxygens (including phenoxy) is 1. The van der Waals surface area contributed by atoms with Gasteiger partial charge < -0.3 is 14.7 Å². The monoisotopic (exact) mass is 313 g/mol. The number of carbonyl (C=O) groups excluding carboxylic acids is 1. The standard InChI is InChI=1S/C16H21F2NO3/c1-15(2)10-19(9-8-16(15,3)21)13(20)11-4-6-12(7-5-11)22-14(17)18/h4-7,14,21H,8-10H2,1-3H3. The Morgan fingerprint density at radius 1 is 1.27 bits per heavy atom. The summed E-state index contributed by atoms with van der Waals surface area (Å²) in [6.07, 6.45) is 0.498. The van der Waals surface area contributed by atoms with Crippen molar-refractivity contribution in [3.63, 3.8) is 0 Å². The van der Waals surface area contributed by atoms with Crippen molar-refractivity contribution >= 4 is 5.91 Å². The van der Waals surface area contributed by atoms with Gasteiger partial charge in [0.15, 0.2) is 0 Å². The molecule has 1 aliphatic heterocycles. The molecule has 4 nitrogen and oxygen atoms in total. The fourth-order valence-electron chi connectivity index (χ4n) is 2.55. The minimum absolute atomic E-state index is 0.0217. The maximum absolute atomic E-state index is 12.5. The van der Waals surface area contributed by atoms with Gasteiger partial charge in [0, 0.05) is 24.1 Å². The Hall–Kier alpha value is -1.69. The maximum atomic E-state index is 12.5. The van der Waals surface area contributed by atoms with Crippen molar-refractivity contribution in [2.45, 2.75) is 39.4 Å². The zero-order chi connectivity index (χ0) is 16.5. The normalized spacial score (nSPS) is 24.4. The summed E-state index contributed by atoms with van der Waals surface area (Å²) in [4.78, 5) is 14.2. The zero-order valence-corrected chi connectivity index (χ0v) is 13.0. The van der Waals surface area contributed by atoms with Gasteiger partial charge in [-0.1, -0.05) is 13.8 Å². The first-order valence-electron chi connectivity index (χ1n) is 7.19. The highest BCUT2D eigenvalue weighted by Crippen LogP contribution is 2.38. The Morgan fingerprint density at radius 3 is 2.36 bits per heavy atom. The van der Waals surface area contributed by atoms with Crippen molar-refractivity contribution in [1.82, 2.24) is 4.90 Å². The highest BCUT2D eigenvalue weighted by atomic mass is 19.3. The fraction of sp³-hybridized carbons (Fsp3) is 0.562. The number of piperidine rings is 1. The molecule has 1 N–H and O–H groups in total. The van der Waals surface area contributed by atoms with Crippen LogP contribution in [0.4, 0.5) is 8.78 Å². The smallest absolute Gasteiger partial charge is 0.387 e. The quantitative estimate of drug-likeness (QED) is 0.933. The second kappa shape index (κ2) is 5.83. The molecule has 1 atom stereocenters. The van der Waals surface area contributed by atoms with Crippen molar-refractivity contribution < 1.29 is 23.4 Å². The van der Waals surface area contributed by atoms with Crippen LogP contribution in [0.15, 0.2) is 24.3 Å². The van der Waals surface area contributed by atoms with Gasteiger partial charge in [-0.25, -0.2) is 0 Å². The molecule has 0 aliphatic carbocycles. The van der Waals surface area contributed by atoms with E-state index in [-0.39, 0.29) is 11.7 Å². The van der Waals surface area contributed by atoms with Crippen LogP contribution in [0.1, 0.15) is 37.6 Å². The van der Waals surface area contributed by atoms with E-state index in [4.69, 9.17) is 0 Å². The minimum atomic E-state index is -2.88. The summed E-state index contributed by atoms with van der Waals surface area (Å²) in [7, 11) is 0. The van der Waals surface area contributed by atoms with Gasteiger partial charge in [-0.3, -0.25) is 4.79 Å². The van der Waals surface area contributed by atoms with E-state index in [0.29, 0.717) is 25.1 Å². The first-order valence-corrected chi connectivity index (χ1v) is 7.19. The third-order valence-electron chi connectivity index (χ3n) is 4.53. The highest BCUT2D eigenvalue weighted by molar-refractivity contribution is 5.94. The summed E-state index contributed by atoms with van der Waals surface area (Å²) in [5.41, 5.74) is -0.822. The largest absolute Gasteiger partial charge is 0.435 e. The summed E-state index contributed by atoms with van der Waals surface area (Å²) >= 11 is 0. The first kappa shape index (κ1) is 16.7. The maximum Gasteiger partial charge on any atom is 0.387 e. The van der Waals surface area contributed by atoms with Crippen LogP contribution in [-0.4, -0.2) is 41.2 Å². The Morgan fingerprint density at radius 2 is 1.86 bits per heavy atom. The molecule has 0 saturated carbocycles. The lowest BCUT2D eigenvalue weighted by molar-refractivity contribution is -0.0971. The number of alkyl halides is 2. The number of hydrogen-bond acceptors (Lipinski definition) is 3. The van der Waals surface area contributed by atoms with Crippen molar-refractivity contribution in [1.29, 1.82) is 0 Å². The number of likely N-dealkylation sites (tertiary alicyclic amines) is 1. The summed E-state index contributed by atoms with van der Waals surface area (Å²) < 4.78 is 28.5. The number of rotatable bonds is 3.